The molecule has 0 saturated carbocycles. The lowest BCUT2D eigenvalue weighted by molar-refractivity contribution is 0.587. The number of anilines is 2. The van der Waals surface area contributed by atoms with Crippen LogP contribution in [0.5, 0.6) is 0 Å². The van der Waals surface area contributed by atoms with Gasteiger partial charge in [0, 0.05) is 6.54 Å². The van der Waals surface area contributed by atoms with Gasteiger partial charge in [0.2, 0.25) is 10.0 Å². The summed E-state index contributed by atoms with van der Waals surface area (Å²) < 4.78 is 53.6. The zero-order valence-electron chi connectivity index (χ0n) is 16.6. The molecule has 152 valence electrons. The van der Waals surface area contributed by atoms with Crippen LogP contribution in [0.25, 0.3) is 0 Å². The first-order valence-electron chi connectivity index (χ1n) is 9.12. The van der Waals surface area contributed by atoms with Gasteiger partial charge in [0.1, 0.15) is 0 Å². The quantitative estimate of drug-likeness (QED) is 0.817. The van der Waals surface area contributed by atoms with Gasteiger partial charge in [-0.25, -0.2) is 16.8 Å². The monoisotopic (exact) mass is 422 g/mol. The van der Waals surface area contributed by atoms with Gasteiger partial charge in [-0.2, -0.15) is 0 Å². The van der Waals surface area contributed by atoms with Crippen LogP contribution in [0, 0.1) is 0 Å². The van der Waals surface area contributed by atoms with E-state index in [1.165, 1.54) is 4.31 Å². The molecule has 8 heteroatoms. The Labute approximate surface area is 167 Å². The highest BCUT2D eigenvalue weighted by atomic mass is 32.2. The Balaban J connectivity index is 1.91. The molecular formula is C20H26N2O4S2. The molecule has 28 heavy (non-hydrogen) atoms. The van der Waals surface area contributed by atoms with E-state index in [0.717, 1.165) is 30.2 Å². The molecule has 0 unspecified atom stereocenters. The summed E-state index contributed by atoms with van der Waals surface area (Å²) in [6.07, 6.45) is 2.67. The molecule has 1 heterocycles. The minimum absolute atomic E-state index is 0.0662. The smallest absolute Gasteiger partial charge is 0.261 e. The maximum absolute atomic E-state index is 12.8. The molecular weight excluding hydrogens is 396 g/mol. The maximum atomic E-state index is 12.8. The summed E-state index contributed by atoms with van der Waals surface area (Å²) >= 11 is 0. The summed E-state index contributed by atoms with van der Waals surface area (Å²) in [7, 11) is -7.19. The van der Waals surface area contributed by atoms with Gasteiger partial charge in [0.25, 0.3) is 10.0 Å². The van der Waals surface area contributed by atoms with Gasteiger partial charge in [0.05, 0.1) is 22.5 Å². The molecule has 0 bridgehead atoms. The summed E-state index contributed by atoms with van der Waals surface area (Å²) in [5.41, 5.74) is 2.76. The normalized spacial score (nSPS) is 15.2. The van der Waals surface area contributed by atoms with Crippen molar-refractivity contribution in [2.45, 2.75) is 43.9 Å². The zero-order valence-corrected chi connectivity index (χ0v) is 18.2. The summed E-state index contributed by atoms with van der Waals surface area (Å²) in [6.45, 7) is 6.59. The van der Waals surface area contributed by atoms with E-state index < -0.39 is 20.0 Å². The third-order valence-corrected chi connectivity index (χ3v) is 7.42. The zero-order chi connectivity index (χ0) is 20.7. The van der Waals surface area contributed by atoms with Crippen LogP contribution in [0.2, 0.25) is 0 Å². The molecule has 6 nitrogen and oxygen atoms in total. The lowest BCUT2D eigenvalue weighted by Gasteiger charge is -2.29. The average Bonchev–Trinajstić information content (AvgIpc) is 2.59. The number of fused-ring (bicyclic) bond motifs is 1. The third-order valence-electron chi connectivity index (χ3n) is 4.84. The standard InChI is InChI=1S/C20H26N2O4S2/c1-20(2,3)16-8-11-18(12-9-16)28(25,26)21-17-10-7-15-6-5-13-22(19(15)14-17)27(4,23)24/h7-12,14,21H,5-6,13H2,1-4H3. The van der Waals surface area contributed by atoms with Gasteiger partial charge < -0.3 is 0 Å². The predicted molar refractivity (Wildman–Crippen MR) is 113 cm³/mol. The van der Waals surface area contributed by atoms with E-state index in [-0.39, 0.29) is 10.3 Å². The number of aryl methyl sites for hydroxylation is 1. The molecule has 3 rings (SSSR count). The van der Waals surface area contributed by atoms with Crippen LogP contribution < -0.4 is 9.03 Å². The van der Waals surface area contributed by atoms with Crippen LogP contribution in [0.3, 0.4) is 0 Å². The van der Waals surface area contributed by atoms with Gasteiger partial charge in [0.15, 0.2) is 0 Å². The number of nitrogens with one attached hydrogen (secondary N) is 1. The predicted octanol–water partition coefficient (Wildman–Crippen LogP) is 3.50. The number of sulfonamides is 2. The molecule has 1 N–H and O–H groups in total. The summed E-state index contributed by atoms with van der Waals surface area (Å²) in [6, 6.07) is 11.9. The summed E-state index contributed by atoms with van der Waals surface area (Å²) in [5.74, 6) is 0. The average molecular weight is 423 g/mol. The van der Waals surface area contributed by atoms with Crippen molar-refractivity contribution < 1.29 is 16.8 Å². The van der Waals surface area contributed by atoms with Crippen molar-refractivity contribution in [2.24, 2.45) is 0 Å². The Kier molecular flexibility index (Phi) is 5.22. The van der Waals surface area contributed by atoms with E-state index in [1.54, 1.807) is 30.3 Å². The fraction of sp³-hybridized carbons (Fsp3) is 0.400. The molecule has 0 spiro atoms. The van der Waals surface area contributed by atoms with E-state index in [4.69, 9.17) is 0 Å². The molecule has 0 atom stereocenters. The lowest BCUT2D eigenvalue weighted by Crippen LogP contribution is -2.34. The van der Waals surface area contributed by atoms with Crippen molar-refractivity contribution in [3.63, 3.8) is 0 Å². The van der Waals surface area contributed by atoms with E-state index in [9.17, 15) is 16.8 Å². The largest absolute Gasteiger partial charge is 0.280 e. The second kappa shape index (κ2) is 7.08. The van der Waals surface area contributed by atoms with Crippen molar-refractivity contribution in [2.75, 3.05) is 21.8 Å². The van der Waals surface area contributed by atoms with E-state index in [1.807, 2.05) is 12.1 Å². The van der Waals surface area contributed by atoms with Gasteiger partial charge in [-0.15, -0.1) is 0 Å². The topological polar surface area (TPSA) is 83.6 Å². The summed E-state index contributed by atoms with van der Waals surface area (Å²) in [4.78, 5) is 0.165. The molecule has 2 aromatic carbocycles. The highest BCUT2D eigenvalue weighted by molar-refractivity contribution is 7.92. The minimum atomic E-state index is -3.77. The van der Waals surface area contributed by atoms with E-state index in [2.05, 4.69) is 25.5 Å². The lowest BCUT2D eigenvalue weighted by atomic mass is 9.87. The SMILES string of the molecule is CC(C)(C)c1ccc(S(=O)(=O)Nc2ccc3c(c2)N(S(C)(=O)=O)CCC3)cc1. The molecule has 0 fully saturated rings. The number of nitrogens with zero attached hydrogens (tertiary/aromatic N) is 1. The first-order valence-corrected chi connectivity index (χ1v) is 12.5. The van der Waals surface area contributed by atoms with Crippen molar-refractivity contribution >= 4 is 31.4 Å². The van der Waals surface area contributed by atoms with E-state index >= 15 is 0 Å². The van der Waals surface area contributed by atoms with E-state index in [0.29, 0.717) is 17.9 Å². The van der Waals surface area contributed by atoms with Crippen LogP contribution in [0.4, 0.5) is 11.4 Å². The summed E-state index contributed by atoms with van der Waals surface area (Å²) in [5, 5.41) is 0. The van der Waals surface area contributed by atoms with Crippen molar-refractivity contribution in [3.05, 3.63) is 53.6 Å². The highest BCUT2D eigenvalue weighted by Crippen LogP contribution is 2.32. The molecule has 0 amide bonds. The Morgan fingerprint density at radius 2 is 1.61 bits per heavy atom. The van der Waals surface area contributed by atoms with Crippen LogP contribution in [0.15, 0.2) is 47.4 Å². The third kappa shape index (κ3) is 4.33. The Morgan fingerprint density at radius 1 is 0.964 bits per heavy atom. The minimum Gasteiger partial charge on any atom is -0.280 e. The Hall–Kier alpha value is -2.06. The van der Waals surface area contributed by atoms with Crippen molar-refractivity contribution in [3.8, 4) is 0 Å². The number of rotatable bonds is 4. The first-order chi connectivity index (χ1) is 12.9. The molecule has 2 aromatic rings. The second-order valence-electron chi connectivity index (χ2n) is 8.16. The number of benzene rings is 2. The molecule has 0 saturated heterocycles. The first kappa shape index (κ1) is 20.7. The molecule has 1 aliphatic rings. The Bertz CT molecular complexity index is 1080. The van der Waals surface area contributed by atoms with Gasteiger partial charge in [-0.05, 0) is 53.6 Å². The highest BCUT2D eigenvalue weighted by Gasteiger charge is 2.25. The van der Waals surface area contributed by atoms with Gasteiger partial charge in [-0.1, -0.05) is 39.0 Å². The fourth-order valence-corrected chi connectivity index (χ4v) is 5.33. The van der Waals surface area contributed by atoms with Crippen LogP contribution in [0.1, 0.15) is 38.3 Å². The number of hydrogen-bond acceptors (Lipinski definition) is 4. The van der Waals surface area contributed by atoms with Gasteiger partial charge in [-0.3, -0.25) is 9.03 Å². The van der Waals surface area contributed by atoms with Crippen molar-refractivity contribution in [1.29, 1.82) is 0 Å². The fourth-order valence-electron chi connectivity index (χ4n) is 3.30. The molecule has 1 aliphatic heterocycles. The number of hydrogen-bond donors (Lipinski definition) is 1. The molecule has 0 radical (unpaired) electrons. The van der Waals surface area contributed by atoms with Crippen LogP contribution in [-0.2, 0) is 31.9 Å². The molecule has 0 aromatic heterocycles. The van der Waals surface area contributed by atoms with Crippen LogP contribution in [-0.4, -0.2) is 29.6 Å². The second-order valence-corrected chi connectivity index (χ2v) is 11.8. The van der Waals surface area contributed by atoms with Crippen LogP contribution >= 0.6 is 0 Å². The van der Waals surface area contributed by atoms with Gasteiger partial charge >= 0.3 is 0 Å². The molecule has 0 aliphatic carbocycles. The Morgan fingerprint density at radius 3 is 2.18 bits per heavy atom. The van der Waals surface area contributed by atoms with Crippen molar-refractivity contribution in [1.82, 2.24) is 0 Å². The maximum Gasteiger partial charge on any atom is 0.261 e.